The van der Waals surface area contributed by atoms with Crippen LogP contribution >= 0.6 is 0 Å². The Hall–Kier alpha value is -2.65. The van der Waals surface area contributed by atoms with E-state index in [0.29, 0.717) is 37.6 Å². The van der Waals surface area contributed by atoms with Crippen molar-refractivity contribution in [2.24, 2.45) is 0 Å². The predicted octanol–water partition coefficient (Wildman–Crippen LogP) is 2.16. The average Bonchev–Trinajstić information content (AvgIpc) is 3.19. The summed E-state index contributed by atoms with van der Waals surface area (Å²) in [4.78, 5) is 7.85. The van der Waals surface area contributed by atoms with E-state index < -0.39 is 10.0 Å². The van der Waals surface area contributed by atoms with Gasteiger partial charge in [0.1, 0.15) is 11.4 Å². The fraction of sp³-hybridized carbons (Fsp3) is 0.333. The lowest BCUT2D eigenvalue weighted by atomic mass is 10.3. The molecule has 0 spiro atoms. The van der Waals surface area contributed by atoms with Crippen molar-refractivity contribution in [3.8, 4) is 17.3 Å². The normalized spacial score (nSPS) is 15.4. The summed E-state index contributed by atoms with van der Waals surface area (Å²) in [5.74, 6) is 1.35. The monoisotopic (exact) mass is 387 g/mol. The minimum Gasteiger partial charge on any atom is -0.497 e. The number of H-pyrrole nitrogens is 1. The Morgan fingerprint density at radius 1 is 1.33 bits per heavy atom. The molecule has 3 aromatic rings. The highest BCUT2D eigenvalue weighted by Crippen LogP contribution is 2.25. The van der Waals surface area contributed by atoms with Crippen molar-refractivity contribution in [1.82, 2.24) is 24.1 Å². The van der Waals surface area contributed by atoms with Crippen molar-refractivity contribution in [3.05, 3.63) is 42.6 Å². The molecule has 3 heterocycles. The third-order valence-electron chi connectivity index (χ3n) is 4.63. The van der Waals surface area contributed by atoms with Crippen LogP contribution < -0.4 is 4.74 Å². The first kappa shape index (κ1) is 17.7. The van der Waals surface area contributed by atoms with Gasteiger partial charge in [0.05, 0.1) is 36.1 Å². The molecule has 27 heavy (non-hydrogen) atoms. The van der Waals surface area contributed by atoms with Crippen LogP contribution in [0.15, 0.2) is 36.9 Å². The zero-order valence-electron chi connectivity index (χ0n) is 15.1. The SMILES string of the molecule is C=CCS(=O)(=O)N1CCCn2nc(-c3nc4ccc(OC)cc4[nH]3)cc2C1. The number of imidazole rings is 1. The van der Waals surface area contributed by atoms with Gasteiger partial charge in [-0.3, -0.25) is 4.68 Å². The van der Waals surface area contributed by atoms with E-state index in [1.54, 1.807) is 7.11 Å². The van der Waals surface area contributed by atoms with E-state index in [4.69, 9.17) is 4.74 Å². The van der Waals surface area contributed by atoms with Crippen LogP contribution in [0.1, 0.15) is 12.1 Å². The molecule has 1 N–H and O–H groups in total. The average molecular weight is 387 g/mol. The van der Waals surface area contributed by atoms with E-state index in [-0.39, 0.29) is 5.75 Å². The lowest BCUT2D eigenvalue weighted by Crippen LogP contribution is -2.32. The molecule has 0 aliphatic carbocycles. The molecule has 0 atom stereocenters. The number of ether oxygens (including phenoxy) is 1. The van der Waals surface area contributed by atoms with Crippen LogP contribution in [0, 0.1) is 0 Å². The molecule has 0 fully saturated rings. The summed E-state index contributed by atoms with van der Waals surface area (Å²) in [7, 11) is -1.72. The Morgan fingerprint density at radius 3 is 2.96 bits per heavy atom. The van der Waals surface area contributed by atoms with E-state index >= 15 is 0 Å². The summed E-state index contributed by atoms with van der Waals surface area (Å²) in [6.45, 7) is 5.00. The van der Waals surface area contributed by atoms with Gasteiger partial charge in [0.15, 0.2) is 5.82 Å². The quantitative estimate of drug-likeness (QED) is 0.677. The second-order valence-electron chi connectivity index (χ2n) is 6.47. The second-order valence-corrected chi connectivity index (χ2v) is 8.48. The van der Waals surface area contributed by atoms with Gasteiger partial charge in [0, 0.05) is 19.2 Å². The van der Waals surface area contributed by atoms with Crippen molar-refractivity contribution in [2.45, 2.75) is 19.5 Å². The van der Waals surface area contributed by atoms with Gasteiger partial charge in [-0.05, 0) is 24.6 Å². The highest BCUT2D eigenvalue weighted by Gasteiger charge is 2.25. The first-order valence-electron chi connectivity index (χ1n) is 8.70. The smallest absolute Gasteiger partial charge is 0.218 e. The first-order chi connectivity index (χ1) is 13.0. The molecule has 0 radical (unpaired) electrons. The molecule has 0 unspecified atom stereocenters. The molecule has 4 rings (SSSR count). The highest BCUT2D eigenvalue weighted by molar-refractivity contribution is 7.89. The maximum Gasteiger partial charge on any atom is 0.218 e. The molecular weight excluding hydrogens is 366 g/mol. The molecule has 0 bridgehead atoms. The van der Waals surface area contributed by atoms with Gasteiger partial charge in [0.25, 0.3) is 0 Å². The summed E-state index contributed by atoms with van der Waals surface area (Å²) in [5.41, 5.74) is 3.24. The van der Waals surface area contributed by atoms with Crippen molar-refractivity contribution < 1.29 is 13.2 Å². The zero-order valence-corrected chi connectivity index (χ0v) is 15.9. The van der Waals surface area contributed by atoms with Crippen LogP contribution in [0.3, 0.4) is 0 Å². The summed E-state index contributed by atoms with van der Waals surface area (Å²) in [5, 5.41) is 4.63. The van der Waals surface area contributed by atoms with Crippen molar-refractivity contribution in [1.29, 1.82) is 0 Å². The standard InChI is InChI=1S/C18H21N5O3S/c1-3-9-27(24,25)22-7-4-8-23-13(12-22)10-17(21-23)18-19-15-6-5-14(26-2)11-16(15)20-18/h3,5-6,10-11H,1,4,7-9,12H2,2H3,(H,19,20). The van der Waals surface area contributed by atoms with E-state index in [0.717, 1.165) is 22.5 Å². The summed E-state index contributed by atoms with van der Waals surface area (Å²) >= 11 is 0. The van der Waals surface area contributed by atoms with Crippen LogP contribution in [0.25, 0.3) is 22.6 Å². The van der Waals surface area contributed by atoms with Crippen molar-refractivity contribution in [2.75, 3.05) is 19.4 Å². The number of nitrogens with one attached hydrogen (secondary N) is 1. The number of benzene rings is 1. The Kier molecular flexibility index (Phi) is 4.48. The molecule has 1 aliphatic heterocycles. The van der Waals surface area contributed by atoms with Crippen LogP contribution in [0.4, 0.5) is 0 Å². The molecule has 9 heteroatoms. The van der Waals surface area contributed by atoms with Gasteiger partial charge in [-0.2, -0.15) is 9.40 Å². The van der Waals surface area contributed by atoms with E-state index in [1.165, 1.54) is 10.4 Å². The first-order valence-corrected chi connectivity index (χ1v) is 10.3. The number of rotatable bonds is 5. The van der Waals surface area contributed by atoms with Gasteiger partial charge in [-0.25, -0.2) is 13.4 Å². The minimum atomic E-state index is -3.35. The van der Waals surface area contributed by atoms with Crippen molar-refractivity contribution in [3.63, 3.8) is 0 Å². The summed E-state index contributed by atoms with van der Waals surface area (Å²) < 4.78 is 33.4. The minimum absolute atomic E-state index is 0.0562. The van der Waals surface area contributed by atoms with Gasteiger partial charge >= 0.3 is 0 Å². The Bertz CT molecular complexity index is 1100. The number of aryl methyl sites for hydroxylation is 1. The number of fused-ring (bicyclic) bond motifs is 2. The lowest BCUT2D eigenvalue weighted by Gasteiger charge is -2.18. The van der Waals surface area contributed by atoms with Gasteiger partial charge in [-0.15, -0.1) is 6.58 Å². The Balaban J connectivity index is 1.67. The van der Waals surface area contributed by atoms with Crippen LogP contribution in [-0.4, -0.2) is 51.9 Å². The third-order valence-corrected chi connectivity index (χ3v) is 6.39. The number of methoxy groups -OCH3 is 1. The number of hydrogen-bond acceptors (Lipinski definition) is 5. The molecular formula is C18H21N5O3S. The molecule has 1 aromatic carbocycles. The van der Waals surface area contributed by atoms with Crippen LogP contribution in [0.2, 0.25) is 0 Å². The molecule has 2 aromatic heterocycles. The topological polar surface area (TPSA) is 93.1 Å². The maximum absolute atomic E-state index is 12.4. The van der Waals surface area contributed by atoms with E-state index in [2.05, 4.69) is 21.6 Å². The zero-order chi connectivity index (χ0) is 19.0. The second kappa shape index (κ2) is 6.82. The lowest BCUT2D eigenvalue weighted by molar-refractivity contribution is 0.412. The molecule has 1 aliphatic rings. The summed E-state index contributed by atoms with van der Waals surface area (Å²) in [6.07, 6.45) is 2.13. The maximum atomic E-state index is 12.4. The molecule has 0 saturated heterocycles. The van der Waals surface area contributed by atoms with Crippen LogP contribution in [0.5, 0.6) is 5.75 Å². The predicted molar refractivity (Wildman–Crippen MR) is 103 cm³/mol. The fourth-order valence-electron chi connectivity index (χ4n) is 3.28. The number of nitrogens with zero attached hydrogens (tertiary/aromatic N) is 4. The largest absolute Gasteiger partial charge is 0.497 e. The number of aromatic nitrogens is 4. The number of sulfonamides is 1. The van der Waals surface area contributed by atoms with Gasteiger partial charge in [-0.1, -0.05) is 6.08 Å². The van der Waals surface area contributed by atoms with E-state index in [9.17, 15) is 8.42 Å². The molecule has 0 amide bonds. The van der Waals surface area contributed by atoms with Gasteiger partial charge < -0.3 is 9.72 Å². The van der Waals surface area contributed by atoms with Gasteiger partial charge in [0.2, 0.25) is 10.0 Å². The number of aromatic amines is 1. The van der Waals surface area contributed by atoms with Crippen molar-refractivity contribution >= 4 is 21.1 Å². The third kappa shape index (κ3) is 3.35. The fourth-order valence-corrected chi connectivity index (χ4v) is 4.52. The van der Waals surface area contributed by atoms with E-state index in [1.807, 2.05) is 28.9 Å². The molecule has 8 nitrogen and oxygen atoms in total. The Morgan fingerprint density at radius 2 is 2.19 bits per heavy atom. The Labute approximate surface area is 157 Å². The highest BCUT2D eigenvalue weighted by atomic mass is 32.2. The molecule has 142 valence electrons. The van der Waals surface area contributed by atoms with Crippen LogP contribution in [-0.2, 0) is 23.1 Å². The number of hydrogen-bond donors (Lipinski definition) is 1. The molecule has 0 saturated carbocycles. The summed E-state index contributed by atoms with van der Waals surface area (Å²) in [6, 6.07) is 7.53.